The van der Waals surface area contributed by atoms with Crippen LogP contribution in [0.4, 0.5) is 0 Å². The Morgan fingerprint density at radius 1 is 1.35 bits per heavy atom. The Labute approximate surface area is 120 Å². The first-order chi connectivity index (χ1) is 8.97. The van der Waals surface area contributed by atoms with Gasteiger partial charge in [0.1, 0.15) is 0 Å². The van der Waals surface area contributed by atoms with E-state index in [1.807, 2.05) is 0 Å². The Kier molecular flexibility index (Phi) is 5.21. The van der Waals surface area contributed by atoms with Crippen LogP contribution in [-0.4, -0.2) is 54.3 Å². The smallest absolute Gasteiger partial charge is 0.306 e. The van der Waals surface area contributed by atoms with Gasteiger partial charge < -0.3 is 15.5 Å². The van der Waals surface area contributed by atoms with Crippen molar-refractivity contribution >= 4 is 15.8 Å². The Morgan fingerprint density at radius 2 is 1.85 bits per heavy atom. The predicted molar refractivity (Wildman–Crippen MR) is 76.3 cm³/mol. The number of nitrogens with one attached hydrogen (secondary N) is 1. The summed E-state index contributed by atoms with van der Waals surface area (Å²) >= 11 is 0. The first-order valence-electron chi connectivity index (χ1n) is 6.82. The minimum atomic E-state index is -3.17. The standard InChI is InChI=1S/C13H25NO5S/c1-12(2,20(3,18)19)8-14-9-13(17)6-4-10(5-7-13)11(15)16/h10,14,17H,4-9H2,1-3H3,(H,15,16). The molecule has 0 saturated heterocycles. The highest BCUT2D eigenvalue weighted by atomic mass is 32.2. The number of aliphatic carboxylic acids is 1. The van der Waals surface area contributed by atoms with E-state index in [2.05, 4.69) is 5.32 Å². The molecule has 0 aromatic carbocycles. The second kappa shape index (κ2) is 5.99. The summed E-state index contributed by atoms with van der Waals surface area (Å²) in [5.74, 6) is -1.18. The molecule has 118 valence electrons. The van der Waals surface area contributed by atoms with E-state index in [4.69, 9.17) is 5.11 Å². The van der Waals surface area contributed by atoms with Crippen molar-refractivity contribution in [3.8, 4) is 0 Å². The third-order valence-corrected chi connectivity index (χ3v) is 6.43. The van der Waals surface area contributed by atoms with Crippen LogP contribution in [0.25, 0.3) is 0 Å². The predicted octanol–water partition coefficient (Wildman–Crippen LogP) is 0.405. The lowest BCUT2D eigenvalue weighted by Crippen LogP contribution is -2.49. The minimum absolute atomic E-state index is 0.260. The lowest BCUT2D eigenvalue weighted by molar-refractivity contribution is -0.144. The molecule has 0 aromatic heterocycles. The van der Waals surface area contributed by atoms with Crippen molar-refractivity contribution in [1.29, 1.82) is 0 Å². The largest absolute Gasteiger partial charge is 0.481 e. The van der Waals surface area contributed by atoms with E-state index in [0.717, 1.165) is 0 Å². The zero-order valence-electron chi connectivity index (χ0n) is 12.3. The van der Waals surface area contributed by atoms with Gasteiger partial charge in [-0.3, -0.25) is 4.79 Å². The molecule has 1 rings (SSSR count). The Hall–Kier alpha value is -0.660. The molecule has 0 aliphatic heterocycles. The van der Waals surface area contributed by atoms with Crippen molar-refractivity contribution in [3.63, 3.8) is 0 Å². The van der Waals surface area contributed by atoms with Crippen LogP contribution in [0.2, 0.25) is 0 Å². The van der Waals surface area contributed by atoms with Crippen LogP contribution in [-0.2, 0) is 14.6 Å². The molecular formula is C13H25NO5S. The minimum Gasteiger partial charge on any atom is -0.481 e. The fourth-order valence-corrected chi connectivity index (χ4v) is 2.67. The zero-order chi connectivity index (χ0) is 15.6. The number of aliphatic hydroxyl groups is 1. The normalized spacial score (nSPS) is 28.3. The highest BCUT2D eigenvalue weighted by molar-refractivity contribution is 7.92. The van der Waals surface area contributed by atoms with Crippen molar-refractivity contribution in [2.24, 2.45) is 5.92 Å². The molecule has 1 fully saturated rings. The Bertz CT molecular complexity index is 449. The molecule has 0 amide bonds. The van der Waals surface area contributed by atoms with Crippen molar-refractivity contribution in [2.75, 3.05) is 19.3 Å². The van der Waals surface area contributed by atoms with E-state index < -0.39 is 26.2 Å². The van der Waals surface area contributed by atoms with Crippen LogP contribution in [0.1, 0.15) is 39.5 Å². The summed E-state index contributed by atoms with van der Waals surface area (Å²) < 4.78 is 22.2. The SMILES string of the molecule is CC(C)(CNCC1(O)CCC(C(=O)O)CC1)S(C)(=O)=O. The lowest BCUT2D eigenvalue weighted by atomic mass is 9.79. The molecule has 7 heteroatoms. The van der Waals surface area contributed by atoms with E-state index in [0.29, 0.717) is 25.7 Å². The molecular weight excluding hydrogens is 282 g/mol. The van der Waals surface area contributed by atoms with Crippen molar-refractivity contribution in [3.05, 3.63) is 0 Å². The van der Waals surface area contributed by atoms with Crippen molar-refractivity contribution in [2.45, 2.75) is 49.9 Å². The molecule has 0 atom stereocenters. The van der Waals surface area contributed by atoms with Crippen LogP contribution in [0.5, 0.6) is 0 Å². The molecule has 1 saturated carbocycles. The molecule has 0 spiro atoms. The number of carbonyl (C=O) groups is 1. The third-order valence-electron chi connectivity index (χ3n) is 4.27. The molecule has 0 aromatic rings. The second-order valence-corrected chi connectivity index (χ2v) is 9.12. The summed E-state index contributed by atoms with van der Waals surface area (Å²) in [7, 11) is -3.17. The summed E-state index contributed by atoms with van der Waals surface area (Å²) in [5, 5.41) is 22.3. The summed E-state index contributed by atoms with van der Waals surface area (Å²) in [6.07, 6.45) is 2.97. The summed E-state index contributed by atoms with van der Waals surface area (Å²) in [5.41, 5.74) is -0.931. The van der Waals surface area contributed by atoms with Gasteiger partial charge in [0.25, 0.3) is 0 Å². The first kappa shape index (κ1) is 17.4. The van der Waals surface area contributed by atoms with Gasteiger partial charge in [-0.05, 0) is 39.5 Å². The highest BCUT2D eigenvalue weighted by Gasteiger charge is 2.36. The number of carboxylic acid groups (broad SMARTS) is 1. The first-order valence-corrected chi connectivity index (χ1v) is 8.71. The van der Waals surface area contributed by atoms with Crippen molar-refractivity contribution in [1.82, 2.24) is 5.32 Å². The van der Waals surface area contributed by atoms with Crippen LogP contribution in [0.3, 0.4) is 0 Å². The quantitative estimate of drug-likeness (QED) is 0.656. The summed E-state index contributed by atoms with van der Waals surface area (Å²) in [4.78, 5) is 10.9. The van der Waals surface area contributed by atoms with Gasteiger partial charge in [-0.15, -0.1) is 0 Å². The maximum atomic E-state index is 11.6. The Balaban J connectivity index is 2.45. The van der Waals surface area contributed by atoms with Crippen LogP contribution < -0.4 is 5.32 Å². The fourth-order valence-electron chi connectivity index (χ4n) is 2.31. The van der Waals surface area contributed by atoms with Gasteiger partial charge in [0.2, 0.25) is 0 Å². The van der Waals surface area contributed by atoms with E-state index in [1.54, 1.807) is 13.8 Å². The van der Waals surface area contributed by atoms with E-state index in [1.165, 1.54) is 6.26 Å². The molecule has 3 N–H and O–H groups in total. The zero-order valence-corrected chi connectivity index (χ0v) is 13.2. The lowest BCUT2D eigenvalue weighted by Gasteiger charge is -2.35. The Morgan fingerprint density at radius 3 is 2.25 bits per heavy atom. The average Bonchev–Trinajstić information content (AvgIpc) is 2.27. The van der Waals surface area contributed by atoms with Gasteiger partial charge in [0.05, 0.1) is 16.3 Å². The van der Waals surface area contributed by atoms with Gasteiger partial charge in [0, 0.05) is 19.3 Å². The fraction of sp³-hybridized carbons (Fsp3) is 0.923. The van der Waals surface area contributed by atoms with Gasteiger partial charge in [-0.1, -0.05) is 0 Å². The van der Waals surface area contributed by atoms with Crippen LogP contribution in [0, 0.1) is 5.92 Å². The molecule has 0 bridgehead atoms. The monoisotopic (exact) mass is 307 g/mol. The molecule has 20 heavy (non-hydrogen) atoms. The van der Waals surface area contributed by atoms with E-state index in [-0.39, 0.29) is 19.0 Å². The van der Waals surface area contributed by atoms with E-state index in [9.17, 15) is 18.3 Å². The number of hydrogen-bond donors (Lipinski definition) is 3. The average molecular weight is 307 g/mol. The molecule has 0 radical (unpaired) electrons. The summed E-state index contributed by atoms with van der Waals surface area (Å²) in [6.45, 7) is 3.83. The van der Waals surface area contributed by atoms with E-state index >= 15 is 0 Å². The van der Waals surface area contributed by atoms with Crippen LogP contribution >= 0.6 is 0 Å². The van der Waals surface area contributed by atoms with Gasteiger partial charge in [-0.2, -0.15) is 0 Å². The third kappa shape index (κ3) is 4.43. The van der Waals surface area contributed by atoms with Crippen molar-refractivity contribution < 1.29 is 23.4 Å². The molecule has 6 nitrogen and oxygen atoms in total. The number of carboxylic acids is 1. The van der Waals surface area contributed by atoms with Gasteiger partial charge in [0.15, 0.2) is 9.84 Å². The molecule has 0 unspecified atom stereocenters. The molecule has 0 heterocycles. The second-order valence-electron chi connectivity index (χ2n) is 6.47. The number of rotatable bonds is 6. The van der Waals surface area contributed by atoms with Crippen LogP contribution in [0.15, 0.2) is 0 Å². The number of hydrogen-bond acceptors (Lipinski definition) is 5. The highest BCUT2D eigenvalue weighted by Crippen LogP contribution is 2.31. The maximum Gasteiger partial charge on any atom is 0.306 e. The maximum absolute atomic E-state index is 11.6. The molecule has 1 aliphatic carbocycles. The van der Waals surface area contributed by atoms with Gasteiger partial charge >= 0.3 is 5.97 Å². The number of sulfone groups is 1. The topological polar surface area (TPSA) is 104 Å². The van der Waals surface area contributed by atoms with Gasteiger partial charge in [-0.25, -0.2) is 8.42 Å². The summed E-state index contributed by atoms with van der Waals surface area (Å²) in [6, 6.07) is 0. The molecule has 1 aliphatic rings.